The molecule has 0 heteroatoms. The summed E-state index contributed by atoms with van der Waals surface area (Å²) in [5, 5.41) is 0. The maximum Gasteiger partial charge on any atom is -0.0398 e. The van der Waals surface area contributed by atoms with Crippen molar-refractivity contribution in [2.75, 3.05) is 0 Å². The van der Waals surface area contributed by atoms with Crippen LogP contribution in [0.1, 0.15) is 55.5 Å². The second kappa shape index (κ2) is 18.5. The maximum atomic E-state index is 2.12. The van der Waals surface area contributed by atoms with Crippen LogP contribution >= 0.6 is 0 Å². The third-order valence-electron chi connectivity index (χ3n) is 3.38. The first-order valence-corrected chi connectivity index (χ1v) is 10.1. The van der Waals surface area contributed by atoms with Crippen LogP contribution in [0.3, 0.4) is 0 Å². The van der Waals surface area contributed by atoms with Crippen LogP contribution in [0.25, 0.3) is 0 Å². The first-order chi connectivity index (χ1) is 13.0. The van der Waals surface area contributed by atoms with Crippen molar-refractivity contribution in [3.8, 4) is 0 Å². The zero-order valence-electron chi connectivity index (χ0n) is 19.0. The molecule has 3 rings (SSSR count). The Kier molecular flexibility index (Phi) is 18.4. The van der Waals surface area contributed by atoms with E-state index in [2.05, 4.69) is 95.3 Å². The third-order valence-corrected chi connectivity index (χ3v) is 3.38. The Bertz CT molecular complexity index is 561. The first kappa shape index (κ1) is 26.9. The molecular weight excluding hydrogens is 324 g/mol. The molecule has 0 unspecified atom stereocenters. The average molecular weight is 365 g/mol. The lowest BCUT2D eigenvalue weighted by atomic mass is 10.2. The van der Waals surface area contributed by atoms with Crippen LogP contribution in [-0.2, 0) is 0 Å². The Balaban J connectivity index is 0. The lowest BCUT2D eigenvalue weighted by Crippen LogP contribution is -1.70. The predicted molar refractivity (Wildman–Crippen MR) is 126 cm³/mol. The summed E-state index contributed by atoms with van der Waals surface area (Å²) in [6, 6.07) is 27.2. The van der Waals surface area contributed by atoms with Gasteiger partial charge in [-0.25, -0.2) is 0 Å². The second-order valence-electron chi connectivity index (χ2n) is 5.96. The van der Waals surface area contributed by atoms with Gasteiger partial charge in [-0.15, -0.1) is 0 Å². The summed E-state index contributed by atoms with van der Waals surface area (Å²) in [4.78, 5) is 0. The first-order valence-electron chi connectivity index (χ1n) is 10.1. The predicted octanol–water partition coefficient (Wildman–Crippen LogP) is 8.65. The minimum absolute atomic E-state index is 1.32. The van der Waals surface area contributed by atoms with Gasteiger partial charge in [0.1, 0.15) is 0 Å². The number of aryl methyl sites for hydroxylation is 5. The largest absolute Gasteiger partial charge is 0.0683 e. The molecule has 27 heavy (non-hydrogen) atoms. The molecule has 0 heterocycles. The average Bonchev–Trinajstić information content (AvgIpc) is 2.71. The van der Waals surface area contributed by atoms with Gasteiger partial charge in [0.15, 0.2) is 0 Å². The highest BCUT2D eigenvalue weighted by Gasteiger charge is 1.80. The molecule has 0 atom stereocenters. The van der Waals surface area contributed by atoms with E-state index >= 15 is 0 Å². The minimum Gasteiger partial charge on any atom is -0.0683 e. The second-order valence-corrected chi connectivity index (χ2v) is 5.96. The fourth-order valence-corrected chi connectivity index (χ4v) is 1.81. The number of hydrogen-bond acceptors (Lipinski definition) is 0. The highest BCUT2D eigenvalue weighted by atomic mass is 13.9. The van der Waals surface area contributed by atoms with Crippen molar-refractivity contribution < 1.29 is 0 Å². The Morgan fingerprint density at radius 2 is 0.481 bits per heavy atom. The molecule has 0 saturated carbocycles. The molecule has 0 aliphatic carbocycles. The zero-order valence-corrected chi connectivity index (χ0v) is 19.0. The van der Waals surface area contributed by atoms with E-state index in [1.807, 2.05) is 45.9 Å². The molecule has 0 spiro atoms. The highest BCUT2D eigenvalue weighted by Crippen LogP contribution is 2.00. The lowest BCUT2D eigenvalue weighted by Gasteiger charge is -1.90. The molecule has 0 N–H and O–H groups in total. The van der Waals surface area contributed by atoms with E-state index in [1.165, 1.54) is 27.8 Å². The summed E-state index contributed by atoms with van der Waals surface area (Å²) in [6.45, 7) is 18.5. The normalized spacial score (nSPS) is 8.19. The van der Waals surface area contributed by atoms with Crippen LogP contribution in [-0.4, -0.2) is 0 Å². The Morgan fingerprint density at radius 3 is 0.630 bits per heavy atom. The summed E-state index contributed by atoms with van der Waals surface area (Å²) in [5.41, 5.74) is 6.64. The molecule has 0 radical (unpaired) electrons. The molecule has 0 nitrogen and oxygen atoms in total. The Morgan fingerprint density at radius 1 is 0.296 bits per heavy atom. The molecule has 0 aliphatic heterocycles. The topological polar surface area (TPSA) is 0 Å². The summed E-state index contributed by atoms with van der Waals surface area (Å²) in [7, 11) is 0. The SMILES string of the molecule is CC.CC.Cc1ccc(C)cc1.Cc1ccc(C)cc1.Cc1ccccc1. The van der Waals surface area contributed by atoms with Gasteiger partial charge in [-0.3, -0.25) is 0 Å². The van der Waals surface area contributed by atoms with E-state index in [-0.39, 0.29) is 0 Å². The summed E-state index contributed by atoms with van der Waals surface area (Å²) in [5.74, 6) is 0. The van der Waals surface area contributed by atoms with E-state index in [0.29, 0.717) is 0 Å². The Hall–Kier alpha value is -2.34. The van der Waals surface area contributed by atoms with Crippen LogP contribution in [0.15, 0.2) is 78.9 Å². The van der Waals surface area contributed by atoms with Crippen molar-refractivity contribution in [1.29, 1.82) is 0 Å². The number of hydrogen-bond donors (Lipinski definition) is 0. The summed E-state index contributed by atoms with van der Waals surface area (Å²) in [6.07, 6.45) is 0. The van der Waals surface area contributed by atoms with E-state index in [0.717, 1.165) is 0 Å². The fourth-order valence-electron chi connectivity index (χ4n) is 1.81. The standard InChI is InChI=1S/2C8H10.C7H8.2C2H6/c2*1-7-3-5-8(2)6-4-7;1-7-5-3-2-4-6-7;2*1-2/h2*3-6H,1-2H3;2-6H,1H3;2*1-2H3. The van der Waals surface area contributed by atoms with Crippen molar-refractivity contribution in [2.45, 2.75) is 62.3 Å². The van der Waals surface area contributed by atoms with Crippen molar-refractivity contribution in [2.24, 2.45) is 0 Å². The molecule has 0 saturated heterocycles. The molecule has 0 fully saturated rings. The summed E-state index contributed by atoms with van der Waals surface area (Å²) >= 11 is 0. The van der Waals surface area contributed by atoms with Crippen LogP contribution in [0.4, 0.5) is 0 Å². The quantitative estimate of drug-likeness (QED) is 0.374. The van der Waals surface area contributed by atoms with Crippen LogP contribution in [0, 0.1) is 34.6 Å². The van der Waals surface area contributed by atoms with E-state index < -0.39 is 0 Å². The molecule has 0 bridgehead atoms. The fraction of sp³-hybridized carbons (Fsp3) is 0.333. The van der Waals surface area contributed by atoms with E-state index in [4.69, 9.17) is 0 Å². The van der Waals surface area contributed by atoms with Gasteiger partial charge in [-0.1, -0.05) is 134 Å². The van der Waals surface area contributed by atoms with Gasteiger partial charge in [0.05, 0.1) is 0 Å². The smallest absolute Gasteiger partial charge is 0.0398 e. The monoisotopic (exact) mass is 364 g/mol. The molecule has 0 aliphatic rings. The van der Waals surface area contributed by atoms with Crippen LogP contribution in [0.5, 0.6) is 0 Å². The van der Waals surface area contributed by atoms with Crippen LogP contribution < -0.4 is 0 Å². The minimum atomic E-state index is 1.32. The molecule has 3 aromatic rings. The zero-order chi connectivity index (χ0) is 21.1. The highest BCUT2D eigenvalue weighted by molar-refractivity contribution is 5.20. The van der Waals surface area contributed by atoms with Gasteiger partial charge in [0.25, 0.3) is 0 Å². The Labute approximate surface area is 169 Å². The van der Waals surface area contributed by atoms with Gasteiger partial charge in [-0.2, -0.15) is 0 Å². The van der Waals surface area contributed by atoms with E-state index in [1.54, 1.807) is 0 Å². The lowest BCUT2D eigenvalue weighted by molar-refractivity contribution is 1.40. The third kappa shape index (κ3) is 16.9. The molecule has 0 amide bonds. The van der Waals surface area contributed by atoms with Gasteiger partial charge >= 0.3 is 0 Å². The van der Waals surface area contributed by atoms with Crippen molar-refractivity contribution in [3.63, 3.8) is 0 Å². The van der Waals surface area contributed by atoms with Gasteiger partial charge < -0.3 is 0 Å². The number of benzene rings is 3. The van der Waals surface area contributed by atoms with Gasteiger partial charge in [0, 0.05) is 0 Å². The maximum absolute atomic E-state index is 2.12. The summed E-state index contributed by atoms with van der Waals surface area (Å²) < 4.78 is 0. The molecule has 3 aromatic carbocycles. The molecule has 148 valence electrons. The van der Waals surface area contributed by atoms with Crippen molar-refractivity contribution >= 4 is 0 Å². The van der Waals surface area contributed by atoms with Crippen molar-refractivity contribution in [1.82, 2.24) is 0 Å². The van der Waals surface area contributed by atoms with Crippen molar-refractivity contribution in [3.05, 3.63) is 107 Å². The van der Waals surface area contributed by atoms with Gasteiger partial charge in [0.2, 0.25) is 0 Å². The van der Waals surface area contributed by atoms with E-state index in [9.17, 15) is 0 Å². The van der Waals surface area contributed by atoms with Crippen LogP contribution in [0.2, 0.25) is 0 Å². The number of rotatable bonds is 0. The molecular formula is C27H40. The van der Waals surface area contributed by atoms with Gasteiger partial charge in [-0.05, 0) is 34.6 Å². The molecule has 0 aromatic heterocycles.